The van der Waals surface area contributed by atoms with Crippen LogP contribution in [0.5, 0.6) is 0 Å². The Bertz CT molecular complexity index is 862. The Morgan fingerprint density at radius 3 is 2.64 bits per heavy atom. The fraction of sp³-hybridized carbons (Fsp3) is 0.227. The molecule has 0 saturated heterocycles. The fourth-order valence-corrected chi connectivity index (χ4v) is 2.97. The third-order valence-corrected chi connectivity index (χ3v) is 4.34. The van der Waals surface area contributed by atoms with Crippen LogP contribution in [0.1, 0.15) is 24.5 Å². The number of aromatic nitrogens is 1. The molecule has 25 heavy (non-hydrogen) atoms. The van der Waals surface area contributed by atoms with Crippen LogP contribution in [0.3, 0.4) is 0 Å². The van der Waals surface area contributed by atoms with Gasteiger partial charge in [0.2, 0.25) is 0 Å². The molecule has 0 saturated carbocycles. The van der Waals surface area contributed by atoms with Crippen LogP contribution in [0, 0.1) is 0 Å². The zero-order chi connectivity index (χ0) is 17.5. The number of para-hydroxylation sites is 1. The number of nitrogens with one attached hydrogen (secondary N) is 2. The number of hydrogen-bond donors (Lipinski definition) is 2. The first kappa shape index (κ1) is 17.0. The van der Waals surface area contributed by atoms with Gasteiger partial charge >= 0.3 is 0 Å². The number of benzene rings is 2. The third-order valence-electron chi connectivity index (χ3n) is 4.34. The van der Waals surface area contributed by atoms with Crippen molar-refractivity contribution < 1.29 is 4.79 Å². The van der Waals surface area contributed by atoms with Crippen molar-refractivity contribution in [3.63, 3.8) is 0 Å². The highest BCUT2D eigenvalue weighted by Crippen LogP contribution is 2.18. The maximum absolute atomic E-state index is 11.9. The molecule has 0 bridgehead atoms. The molecule has 2 aromatic carbocycles. The van der Waals surface area contributed by atoms with Crippen LogP contribution in [0.2, 0.25) is 0 Å². The summed E-state index contributed by atoms with van der Waals surface area (Å²) < 4.78 is 0. The van der Waals surface area contributed by atoms with Gasteiger partial charge in [0.05, 0.1) is 0 Å². The molecule has 0 aliphatic heterocycles. The number of hydrogen-bond acceptors (Lipinski definition) is 2. The van der Waals surface area contributed by atoms with Crippen LogP contribution >= 0.6 is 0 Å². The highest BCUT2D eigenvalue weighted by molar-refractivity contribution is 5.90. The van der Waals surface area contributed by atoms with E-state index in [0.717, 1.165) is 25.1 Å². The van der Waals surface area contributed by atoms with Gasteiger partial charge < -0.3 is 10.3 Å². The van der Waals surface area contributed by atoms with Crippen molar-refractivity contribution in [2.75, 3.05) is 6.54 Å². The van der Waals surface area contributed by atoms with Gasteiger partial charge in [0.15, 0.2) is 5.78 Å². The van der Waals surface area contributed by atoms with Crippen molar-refractivity contribution in [2.45, 2.75) is 26.2 Å². The summed E-state index contributed by atoms with van der Waals surface area (Å²) in [6.07, 6.45) is 6.02. The van der Waals surface area contributed by atoms with E-state index in [9.17, 15) is 4.79 Å². The molecule has 0 amide bonds. The van der Waals surface area contributed by atoms with E-state index >= 15 is 0 Å². The van der Waals surface area contributed by atoms with Gasteiger partial charge in [-0.2, -0.15) is 0 Å². The predicted octanol–water partition coefficient (Wildman–Crippen LogP) is 4.41. The van der Waals surface area contributed by atoms with E-state index in [1.54, 1.807) is 6.08 Å². The van der Waals surface area contributed by atoms with Gasteiger partial charge in [0.1, 0.15) is 0 Å². The van der Waals surface area contributed by atoms with Crippen molar-refractivity contribution in [3.05, 3.63) is 83.7 Å². The van der Waals surface area contributed by atoms with E-state index in [1.807, 2.05) is 31.2 Å². The molecular formula is C22H24N2O. The lowest BCUT2D eigenvalue weighted by atomic mass is 10.1. The molecule has 1 heterocycles. The van der Waals surface area contributed by atoms with Gasteiger partial charge in [-0.05, 0) is 23.6 Å². The van der Waals surface area contributed by atoms with Crippen molar-refractivity contribution in [2.24, 2.45) is 0 Å². The van der Waals surface area contributed by atoms with Crippen molar-refractivity contribution in [1.82, 2.24) is 10.3 Å². The molecule has 1 aromatic heterocycles. The van der Waals surface area contributed by atoms with Gasteiger partial charge in [0, 0.05) is 48.3 Å². The average Bonchev–Trinajstić information content (AvgIpc) is 3.05. The van der Waals surface area contributed by atoms with E-state index in [4.69, 9.17) is 0 Å². The summed E-state index contributed by atoms with van der Waals surface area (Å²) in [5, 5.41) is 4.73. The summed E-state index contributed by atoms with van der Waals surface area (Å²) in [6, 6.07) is 18.6. The Hall–Kier alpha value is -2.81. The van der Waals surface area contributed by atoms with E-state index in [2.05, 4.69) is 46.8 Å². The first-order chi connectivity index (χ1) is 12.3. The summed E-state index contributed by atoms with van der Waals surface area (Å²) >= 11 is 0. The molecule has 0 atom stereocenters. The number of aromatic amines is 1. The van der Waals surface area contributed by atoms with Crippen molar-refractivity contribution in [1.29, 1.82) is 0 Å². The van der Waals surface area contributed by atoms with E-state index in [-0.39, 0.29) is 5.78 Å². The van der Waals surface area contributed by atoms with Crippen LogP contribution in [0.15, 0.2) is 72.6 Å². The Morgan fingerprint density at radius 2 is 1.84 bits per heavy atom. The van der Waals surface area contributed by atoms with Gasteiger partial charge in [-0.1, -0.05) is 55.5 Å². The molecule has 3 heteroatoms. The number of H-pyrrole nitrogens is 1. The summed E-state index contributed by atoms with van der Waals surface area (Å²) in [7, 11) is 0. The lowest BCUT2D eigenvalue weighted by Crippen LogP contribution is -2.19. The smallest absolute Gasteiger partial charge is 0.157 e. The minimum Gasteiger partial charge on any atom is -0.388 e. The first-order valence-corrected chi connectivity index (χ1v) is 8.82. The molecule has 0 radical (unpaired) electrons. The molecule has 0 aliphatic carbocycles. The fourth-order valence-electron chi connectivity index (χ4n) is 2.97. The number of carbonyl (C=O) groups excluding carboxylic acids is 1. The van der Waals surface area contributed by atoms with Gasteiger partial charge in [-0.3, -0.25) is 4.79 Å². The lowest BCUT2D eigenvalue weighted by molar-refractivity contribution is -0.114. The highest BCUT2D eigenvalue weighted by atomic mass is 16.1. The Morgan fingerprint density at radius 1 is 1.08 bits per heavy atom. The Balaban J connectivity index is 1.66. The van der Waals surface area contributed by atoms with Crippen molar-refractivity contribution in [3.8, 4) is 0 Å². The quantitative estimate of drug-likeness (QED) is 0.600. The zero-order valence-corrected chi connectivity index (χ0v) is 14.6. The minimum absolute atomic E-state index is 0.158. The maximum Gasteiger partial charge on any atom is 0.157 e. The molecule has 3 nitrogen and oxygen atoms in total. The molecule has 0 spiro atoms. The standard InChI is InChI=1S/C22H24N2O/c1-2-20(25)15-19(14-17-8-4-3-5-9-17)23-13-12-18-16-24-22-11-7-6-10-21(18)22/h3-11,15-16,23-24H,2,12-14H2,1H3/b19-15-. The molecule has 0 aliphatic rings. The Kier molecular flexibility index (Phi) is 5.68. The second-order valence-corrected chi connectivity index (χ2v) is 6.19. The minimum atomic E-state index is 0.158. The summed E-state index contributed by atoms with van der Waals surface area (Å²) in [4.78, 5) is 15.2. The first-order valence-electron chi connectivity index (χ1n) is 8.82. The van der Waals surface area contributed by atoms with Crippen LogP contribution < -0.4 is 5.32 Å². The second-order valence-electron chi connectivity index (χ2n) is 6.19. The number of fused-ring (bicyclic) bond motifs is 1. The molecular weight excluding hydrogens is 308 g/mol. The van der Waals surface area contributed by atoms with Crippen LogP contribution in [-0.2, 0) is 17.6 Å². The number of ketones is 1. The molecule has 128 valence electrons. The van der Waals surface area contributed by atoms with Crippen molar-refractivity contribution >= 4 is 16.7 Å². The predicted molar refractivity (Wildman–Crippen MR) is 104 cm³/mol. The molecule has 0 unspecified atom stereocenters. The normalized spacial score (nSPS) is 11.6. The summed E-state index contributed by atoms with van der Waals surface area (Å²) in [6.45, 7) is 2.70. The highest BCUT2D eigenvalue weighted by Gasteiger charge is 2.05. The molecule has 3 aromatic rings. The topological polar surface area (TPSA) is 44.9 Å². The lowest BCUT2D eigenvalue weighted by Gasteiger charge is -2.11. The Labute approximate surface area is 148 Å². The van der Waals surface area contributed by atoms with E-state index in [0.29, 0.717) is 6.42 Å². The average molecular weight is 332 g/mol. The van der Waals surface area contributed by atoms with Gasteiger partial charge in [-0.25, -0.2) is 0 Å². The molecule has 2 N–H and O–H groups in total. The third kappa shape index (κ3) is 4.60. The van der Waals surface area contributed by atoms with Crippen LogP contribution in [-0.4, -0.2) is 17.3 Å². The maximum atomic E-state index is 11.9. The molecule has 0 fully saturated rings. The SMILES string of the molecule is CCC(=O)/C=C(/Cc1ccccc1)NCCc1c[nH]c2ccccc12. The zero-order valence-electron chi connectivity index (χ0n) is 14.6. The van der Waals surface area contributed by atoms with Crippen LogP contribution in [0.25, 0.3) is 10.9 Å². The van der Waals surface area contributed by atoms with Gasteiger partial charge in [-0.15, -0.1) is 0 Å². The monoisotopic (exact) mass is 332 g/mol. The summed E-state index contributed by atoms with van der Waals surface area (Å²) in [5.41, 5.74) is 4.65. The van der Waals surface area contributed by atoms with Gasteiger partial charge in [0.25, 0.3) is 0 Å². The number of allylic oxidation sites excluding steroid dienone is 2. The summed E-state index contributed by atoms with van der Waals surface area (Å²) in [5.74, 6) is 0.158. The molecule has 3 rings (SSSR count). The van der Waals surface area contributed by atoms with E-state index < -0.39 is 0 Å². The van der Waals surface area contributed by atoms with E-state index in [1.165, 1.54) is 22.0 Å². The largest absolute Gasteiger partial charge is 0.388 e. The number of carbonyl (C=O) groups is 1. The van der Waals surface area contributed by atoms with Crippen LogP contribution in [0.4, 0.5) is 0 Å². The number of rotatable bonds is 8. The second kappa shape index (κ2) is 8.34.